The van der Waals surface area contributed by atoms with E-state index in [0.29, 0.717) is 0 Å². The molecule has 0 fully saturated rings. The molecule has 0 heterocycles. The number of rotatable bonds is 6. The van der Waals surface area contributed by atoms with Crippen LogP contribution in [0.5, 0.6) is 0 Å². The van der Waals surface area contributed by atoms with Crippen molar-refractivity contribution < 1.29 is 23.1 Å². The predicted molar refractivity (Wildman–Crippen MR) is 73.3 cm³/mol. The molecule has 1 atom stereocenters. The second kappa shape index (κ2) is 6.51. The largest absolute Gasteiger partial charge is 0.481 e. The van der Waals surface area contributed by atoms with Gasteiger partial charge in [0.2, 0.25) is 0 Å². The number of benzene rings is 1. The Morgan fingerprint density at radius 1 is 1.30 bits per heavy atom. The molecule has 20 heavy (non-hydrogen) atoms. The van der Waals surface area contributed by atoms with E-state index in [-0.39, 0.29) is 22.6 Å². The second-order valence-corrected chi connectivity index (χ2v) is 6.62. The van der Waals surface area contributed by atoms with Crippen LogP contribution in [-0.2, 0) is 14.6 Å². The monoisotopic (exact) mass is 299 g/mol. The summed E-state index contributed by atoms with van der Waals surface area (Å²) < 4.78 is 23.8. The molecule has 0 bridgehead atoms. The molecule has 2 N–H and O–H groups in total. The van der Waals surface area contributed by atoms with Crippen molar-refractivity contribution in [3.05, 3.63) is 29.8 Å². The van der Waals surface area contributed by atoms with Gasteiger partial charge < -0.3 is 10.4 Å². The highest BCUT2D eigenvalue weighted by Crippen LogP contribution is 2.17. The molecule has 0 radical (unpaired) electrons. The van der Waals surface area contributed by atoms with E-state index in [1.165, 1.54) is 19.1 Å². The van der Waals surface area contributed by atoms with Gasteiger partial charge in [-0.25, -0.2) is 8.42 Å². The fourth-order valence-corrected chi connectivity index (χ4v) is 2.79. The maximum atomic E-state index is 12.1. The molecule has 0 aliphatic rings. The first-order valence-corrected chi connectivity index (χ1v) is 7.77. The fraction of sp³-hybridized carbons (Fsp3) is 0.385. The first kappa shape index (κ1) is 16.2. The van der Waals surface area contributed by atoms with E-state index in [0.717, 1.165) is 0 Å². The van der Waals surface area contributed by atoms with Gasteiger partial charge in [-0.05, 0) is 19.1 Å². The number of hydrogen-bond acceptors (Lipinski definition) is 4. The van der Waals surface area contributed by atoms with Gasteiger partial charge in [0.15, 0.2) is 9.84 Å². The predicted octanol–water partition coefficient (Wildman–Crippen LogP) is 1.07. The SMILES string of the molecule is CCS(=O)(=O)c1ccccc1C(=O)NC(C)CC(=O)O. The van der Waals surface area contributed by atoms with Crippen LogP contribution in [0.3, 0.4) is 0 Å². The maximum Gasteiger partial charge on any atom is 0.305 e. The third-order valence-corrected chi connectivity index (χ3v) is 4.49. The Balaban J connectivity index is 3.03. The Hall–Kier alpha value is -1.89. The molecule has 0 aliphatic carbocycles. The van der Waals surface area contributed by atoms with E-state index >= 15 is 0 Å². The lowest BCUT2D eigenvalue weighted by Gasteiger charge is -2.14. The number of hydrogen-bond donors (Lipinski definition) is 2. The van der Waals surface area contributed by atoms with Gasteiger partial charge in [-0.1, -0.05) is 19.1 Å². The van der Waals surface area contributed by atoms with Crippen LogP contribution >= 0.6 is 0 Å². The summed E-state index contributed by atoms with van der Waals surface area (Å²) >= 11 is 0. The van der Waals surface area contributed by atoms with Gasteiger partial charge in [-0.3, -0.25) is 9.59 Å². The Kier molecular flexibility index (Phi) is 5.26. The van der Waals surface area contributed by atoms with Crippen molar-refractivity contribution in [1.82, 2.24) is 5.32 Å². The van der Waals surface area contributed by atoms with Gasteiger partial charge in [-0.15, -0.1) is 0 Å². The molecule has 1 aromatic carbocycles. The Morgan fingerprint density at radius 2 is 1.90 bits per heavy atom. The molecule has 0 spiro atoms. The second-order valence-electron chi connectivity index (χ2n) is 4.37. The molecule has 1 aromatic rings. The first-order valence-electron chi connectivity index (χ1n) is 6.12. The molecule has 0 saturated carbocycles. The van der Waals surface area contributed by atoms with E-state index in [1.807, 2.05) is 0 Å². The minimum Gasteiger partial charge on any atom is -0.481 e. The summed E-state index contributed by atoms with van der Waals surface area (Å²) in [7, 11) is -3.51. The number of amides is 1. The number of sulfone groups is 1. The van der Waals surface area contributed by atoms with Crippen LogP contribution < -0.4 is 5.32 Å². The smallest absolute Gasteiger partial charge is 0.305 e. The maximum absolute atomic E-state index is 12.1. The van der Waals surface area contributed by atoms with Crippen molar-refractivity contribution in [3.63, 3.8) is 0 Å². The highest BCUT2D eigenvalue weighted by atomic mass is 32.2. The number of carboxylic acid groups (broad SMARTS) is 1. The molecule has 0 aliphatic heterocycles. The van der Waals surface area contributed by atoms with Crippen molar-refractivity contribution in [2.75, 3.05) is 5.75 Å². The lowest BCUT2D eigenvalue weighted by Crippen LogP contribution is -2.35. The van der Waals surface area contributed by atoms with Gasteiger partial charge in [-0.2, -0.15) is 0 Å². The average Bonchev–Trinajstić information content (AvgIpc) is 2.37. The molecule has 1 rings (SSSR count). The van der Waals surface area contributed by atoms with Crippen molar-refractivity contribution in [2.24, 2.45) is 0 Å². The number of carbonyl (C=O) groups excluding carboxylic acids is 1. The van der Waals surface area contributed by atoms with E-state index in [1.54, 1.807) is 19.1 Å². The summed E-state index contributed by atoms with van der Waals surface area (Å²) in [6, 6.07) is 5.30. The number of nitrogens with one attached hydrogen (secondary N) is 1. The fourth-order valence-electron chi connectivity index (χ4n) is 1.70. The van der Waals surface area contributed by atoms with E-state index in [4.69, 9.17) is 5.11 Å². The van der Waals surface area contributed by atoms with Crippen molar-refractivity contribution >= 4 is 21.7 Å². The van der Waals surface area contributed by atoms with Crippen molar-refractivity contribution in [2.45, 2.75) is 31.2 Å². The zero-order valence-electron chi connectivity index (χ0n) is 11.3. The molecule has 7 heteroatoms. The summed E-state index contributed by atoms with van der Waals surface area (Å²) in [5, 5.41) is 11.1. The normalized spacial score (nSPS) is 12.7. The van der Waals surface area contributed by atoms with Gasteiger partial charge in [0, 0.05) is 6.04 Å². The lowest BCUT2D eigenvalue weighted by molar-refractivity contribution is -0.137. The first-order chi connectivity index (χ1) is 9.27. The summed E-state index contributed by atoms with van der Waals surface area (Å²) in [6.07, 6.45) is -0.228. The minimum atomic E-state index is -3.51. The number of carboxylic acids is 1. The Bertz CT molecular complexity index is 609. The highest BCUT2D eigenvalue weighted by molar-refractivity contribution is 7.91. The summed E-state index contributed by atoms with van der Waals surface area (Å²) in [6.45, 7) is 3.04. The number of carbonyl (C=O) groups is 2. The molecule has 1 unspecified atom stereocenters. The molecule has 0 aromatic heterocycles. The summed E-state index contributed by atoms with van der Waals surface area (Å²) in [5.74, 6) is -1.74. The average molecular weight is 299 g/mol. The quantitative estimate of drug-likeness (QED) is 0.818. The standard InChI is InChI=1S/C13H17NO5S/c1-3-20(18,19)11-7-5-4-6-10(11)13(17)14-9(2)8-12(15)16/h4-7,9H,3,8H2,1-2H3,(H,14,17)(H,15,16). The van der Waals surface area contributed by atoms with Crippen LogP contribution in [0.4, 0.5) is 0 Å². The molecular formula is C13H17NO5S. The zero-order valence-corrected chi connectivity index (χ0v) is 12.1. The van der Waals surface area contributed by atoms with Crippen LogP contribution in [0.25, 0.3) is 0 Å². The Labute approximate surface area is 117 Å². The van der Waals surface area contributed by atoms with E-state index in [9.17, 15) is 18.0 Å². The van der Waals surface area contributed by atoms with E-state index in [2.05, 4.69) is 5.32 Å². The van der Waals surface area contributed by atoms with Gasteiger partial charge in [0.05, 0.1) is 22.6 Å². The van der Waals surface area contributed by atoms with Gasteiger partial charge >= 0.3 is 5.97 Å². The Morgan fingerprint density at radius 3 is 2.45 bits per heavy atom. The topological polar surface area (TPSA) is 101 Å². The summed E-state index contributed by atoms with van der Waals surface area (Å²) in [5.41, 5.74) is 0.0339. The molecule has 0 saturated heterocycles. The highest BCUT2D eigenvalue weighted by Gasteiger charge is 2.21. The minimum absolute atomic E-state index is 0.0339. The third kappa shape index (κ3) is 4.06. The van der Waals surface area contributed by atoms with Crippen molar-refractivity contribution in [1.29, 1.82) is 0 Å². The summed E-state index contributed by atoms with van der Waals surface area (Å²) in [4.78, 5) is 22.6. The van der Waals surface area contributed by atoms with Gasteiger partial charge in [0.1, 0.15) is 0 Å². The van der Waals surface area contributed by atoms with Gasteiger partial charge in [0.25, 0.3) is 5.91 Å². The van der Waals surface area contributed by atoms with Crippen molar-refractivity contribution in [3.8, 4) is 0 Å². The third-order valence-electron chi connectivity index (χ3n) is 2.71. The van der Waals surface area contributed by atoms with Crippen LogP contribution in [0, 0.1) is 0 Å². The molecular weight excluding hydrogens is 282 g/mol. The van der Waals surface area contributed by atoms with Crippen LogP contribution in [0.15, 0.2) is 29.2 Å². The van der Waals surface area contributed by atoms with E-state index < -0.39 is 27.8 Å². The van der Waals surface area contributed by atoms with Crippen LogP contribution in [0.2, 0.25) is 0 Å². The van der Waals surface area contributed by atoms with Crippen LogP contribution in [0.1, 0.15) is 30.6 Å². The molecule has 1 amide bonds. The molecule has 110 valence electrons. The molecule has 6 nitrogen and oxygen atoms in total. The van der Waals surface area contributed by atoms with Crippen LogP contribution in [-0.4, -0.2) is 37.2 Å². The lowest BCUT2D eigenvalue weighted by atomic mass is 10.2. The number of aliphatic carboxylic acids is 1. The zero-order chi connectivity index (χ0) is 15.3.